The van der Waals surface area contributed by atoms with E-state index < -0.39 is 0 Å². The third-order valence-corrected chi connectivity index (χ3v) is 3.74. The molecule has 1 fully saturated rings. The van der Waals surface area contributed by atoms with Crippen molar-refractivity contribution in [1.82, 2.24) is 4.90 Å². The molecule has 2 rings (SSSR count). The summed E-state index contributed by atoms with van der Waals surface area (Å²) in [6.07, 6.45) is 3.85. The molecule has 1 aromatic carbocycles. The van der Waals surface area contributed by atoms with E-state index in [4.69, 9.17) is 0 Å². The molecule has 0 aliphatic heterocycles. The summed E-state index contributed by atoms with van der Waals surface area (Å²) in [7, 11) is 0. The molecule has 0 atom stereocenters. The van der Waals surface area contributed by atoms with Crippen molar-refractivity contribution in [2.24, 2.45) is 0 Å². The van der Waals surface area contributed by atoms with Crippen LogP contribution in [0, 0.1) is 6.92 Å². The first kappa shape index (κ1) is 13.6. The molecule has 1 aliphatic rings. The molecule has 2 nitrogen and oxygen atoms in total. The highest BCUT2D eigenvalue weighted by molar-refractivity contribution is 9.09. The minimum absolute atomic E-state index is 0.303. The summed E-state index contributed by atoms with van der Waals surface area (Å²) in [4.78, 5) is 14.2. The fourth-order valence-electron chi connectivity index (χ4n) is 2.14. The van der Waals surface area contributed by atoms with Crippen LogP contribution in [0.5, 0.6) is 0 Å². The Kier molecular flexibility index (Phi) is 4.81. The molecule has 18 heavy (non-hydrogen) atoms. The van der Waals surface area contributed by atoms with Crippen molar-refractivity contribution in [2.75, 3.05) is 11.9 Å². The Labute approximate surface area is 117 Å². The van der Waals surface area contributed by atoms with Gasteiger partial charge in [0.05, 0.1) is 0 Å². The maximum Gasteiger partial charge on any atom is 0.223 e. The fraction of sp³-hybridized carbons (Fsp3) is 0.533. The van der Waals surface area contributed by atoms with Gasteiger partial charge in [-0.25, -0.2) is 0 Å². The van der Waals surface area contributed by atoms with Crippen molar-refractivity contribution in [3.8, 4) is 0 Å². The standard InChI is InChI=1S/C15H20BrNO/c1-12-2-4-13(5-3-12)6-9-15(18)17(11-10-16)14-7-8-14/h2-5,14H,6-11H2,1H3. The number of hydrogen-bond donors (Lipinski definition) is 0. The molecular weight excluding hydrogens is 290 g/mol. The van der Waals surface area contributed by atoms with Crippen LogP contribution in [0.4, 0.5) is 0 Å². The molecular formula is C15H20BrNO. The van der Waals surface area contributed by atoms with Gasteiger partial charge in [0.25, 0.3) is 0 Å². The lowest BCUT2D eigenvalue weighted by atomic mass is 10.1. The van der Waals surface area contributed by atoms with Crippen LogP contribution in [0.25, 0.3) is 0 Å². The molecule has 0 N–H and O–H groups in total. The number of nitrogens with zero attached hydrogens (tertiary/aromatic N) is 1. The van der Waals surface area contributed by atoms with Gasteiger partial charge >= 0.3 is 0 Å². The molecule has 0 heterocycles. The average Bonchev–Trinajstić information content (AvgIpc) is 3.19. The monoisotopic (exact) mass is 309 g/mol. The summed E-state index contributed by atoms with van der Waals surface area (Å²) in [5, 5.41) is 0.875. The van der Waals surface area contributed by atoms with Crippen LogP contribution in [0.15, 0.2) is 24.3 Å². The van der Waals surface area contributed by atoms with Gasteiger partial charge in [-0.05, 0) is 31.7 Å². The van der Waals surface area contributed by atoms with Crippen molar-refractivity contribution < 1.29 is 4.79 Å². The first-order valence-corrected chi connectivity index (χ1v) is 7.74. The molecule has 0 bridgehead atoms. The first-order chi connectivity index (χ1) is 8.70. The van der Waals surface area contributed by atoms with Crippen molar-refractivity contribution in [1.29, 1.82) is 0 Å². The predicted molar refractivity (Wildman–Crippen MR) is 78.0 cm³/mol. The molecule has 1 aliphatic carbocycles. The van der Waals surface area contributed by atoms with E-state index in [1.807, 2.05) is 4.90 Å². The lowest BCUT2D eigenvalue weighted by Crippen LogP contribution is -2.34. The lowest BCUT2D eigenvalue weighted by Gasteiger charge is -2.21. The van der Waals surface area contributed by atoms with Gasteiger partial charge in [-0.2, -0.15) is 0 Å². The van der Waals surface area contributed by atoms with Crippen LogP contribution in [-0.4, -0.2) is 28.7 Å². The smallest absolute Gasteiger partial charge is 0.223 e. The zero-order valence-electron chi connectivity index (χ0n) is 10.9. The number of carbonyl (C=O) groups excluding carboxylic acids is 1. The molecule has 0 saturated heterocycles. The number of rotatable bonds is 6. The minimum Gasteiger partial charge on any atom is -0.339 e. The van der Waals surface area contributed by atoms with E-state index in [1.54, 1.807) is 0 Å². The Morgan fingerprint density at radius 3 is 2.56 bits per heavy atom. The van der Waals surface area contributed by atoms with E-state index in [0.29, 0.717) is 18.4 Å². The summed E-state index contributed by atoms with van der Waals surface area (Å²) >= 11 is 3.42. The Morgan fingerprint density at radius 1 is 1.33 bits per heavy atom. The van der Waals surface area contributed by atoms with Crippen LogP contribution >= 0.6 is 15.9 Å². The molecule has 1 aromatic rings. The van der Waals surface area contributed by atoms with Gasteiger partial charge < -0.3 is 4.90 Å². The Hall–Kier alpha value is -0.830. The van der Waals surface area contributed by atoms with E-state index in [9.17, 15) is 4.79 Å². The van der Waals surface area contributed by atoms with E-state index in [2.05, 4.69) is 47.1 Å². The number of aryl methyl sites for hydroxylation is 2. The van der Waals surface area contributed by atoms with Crippen LogP contribution < -0.4 is 0 Å². The third-order valence-electron chi connectivity index (χ3n) is 3.38. The van der Waals surface area contributed by atoms with Crippen LogP contribution in [0.1, 0.15) is 30.4 Å². The highest BCUT2D eigenvalue weighted by Gasteiger charge is 2.31. The van der Waals surface area contributed by atoms with E-state index in [0.717, 1.165) is 18.3 Å². The van der Waals surface area contributed by atoms with Gasteiger partial charge in [-0.3, -0.25) is 4.79 Å². The first-order valence-electron chi connectivity index (χ1n) is 6.61. The van der Waals surface area contributed by atoms with Gasteiger partial charge in [0, 0.05) is 24.3 Å². The van der Waals surface area contributed by atoms with Gasteiger partial charge in [0.15, 0.2) is 0 Å². The maximum absolute atomic E-state index is 12.2. The molecule has 0 aromatic heterocycles. The second kappa shape index (κ2) is 6.37. The van der Waals surface area contributed by atoms with Crippen LogP contribution in [0.2, 0.25) is 0 Å². The molecule has 1 amide bonds. The van der Waals surface area contributed by atoms with Crippen molar-refractivity contribution in [3.63, 3.8) is 0 Å². The average molecular weight is 310 g/mol. The van der Waals surface area contributed by atoms with E-state index in [-0.39, 0.29) is 0 Å². The number of halogens is 1. The Morgan fingerprint density at radius 2 is 2.00 bits per heavy atom. The molecule has 0 unspecified atom stereocenters. The SMILES string of the molecule is Cc1ccc(CCC(=O)N(CCBr)C2CC2)cc1. The summed E-state index contributed by atoms with van der Waals surface area (Å²) in [5.74, 6) is 0.303. The predicted octanol–water partition coefficient (Wildman–Crippen LogP) is 3.31. The van der Waals surface area contributed by atoms with Gasteiger partial charge in [-0.1, -0.05) is 45.8 Å². The van der Waals surface area contributed by atoms with Crippen molar-refractivity contribution >= 4 is 21.8 Å². The number of hydrogen-bond acceptors (Lipinski definition) is 1. The molecule has 0 radical (unpaired) electrons. The minimum atomic E-state index is 0.303. The van der Waals surface area contributed by atoms with Gasteiger partial charge in [-0.15, -0.1) is 0 Å². The van der Waals surface area contributed by atoms with Gasteiger partial charge in [0.2, 0.25) is 5.91 Å². The van der Waals surface area contributed by atoms with E-state index in [1.165, 1.54) is 24.0 Å². The Bertz CT molecular complexity index is 397. The van der Waals surface area contributed by atoms with E-state index >= 15 is 0 Å². The summed E-state index contributed by atoms with van der Waals surface area (Å²) in [6, 6.07) is 8.98. The quantitative estimate of drug-likeness (QED) is 0.738. The summed E-state index contributed by atoms with van der Waals surface area (Å²) < 4.78 is 0. The molecule has 3 heteroatoms. The van der Waals surface area contributed by atoms with Crippen LogP contribution in [0.3, 0.4) is 0 Å². The lowest BCUT2D eigenvalue weighted by molar-refractivity contribution is -0.131. The summed E-state index contributed by atoms with van der Waals surface area (Å²) in [6.45, 7) is 2.93. The molecule has 0 spiro atoms. The zero-order valence-corrected chi connectivity index (χ0v) is 12.4. The third kappa shape index (κ3) is 3.84. The number of benzene rings is 1. The normalized spacial score (nSPS) is 14.6. The summed E-state index contributed by atoms with van der Waals surface area (Å²) in [5.41, 5.74) is 2.52. The number of amides is 1. The zero-order chi connectivity index (χ0) is 13.0. The molecule has 1 saturated carbocycles. The Balaban J connectivity index is 1.84. The number of carbonyl (C=O) groups is 1. The van der Waals surface area contributed by atoms with Crippen molar-refractivity contribution in [2.45, 2.75) is 38.6 Å². The largest absolute Gasteiger partial charge is 0.339 e. The maximum atomic E-state index is 12.2. The fourth-order valence-corrected chi connectivity index (χ4v) is 2.52. The second-order valence-corrected chi connectivity index (χ2v) is 5.79. The highest BCUT2D eigenvalue weighted by atomic mass is 79.9. The van der Waals surface area contributed by atoms with Crippen LogP contribution in [-0.2, 0) is 11.2 Å². The van der Waals surface area contributed by atoms with Gasteiger partial charge in [0.1, 0.15) is 0 Å². The molecule has 98 valence electrons. The highest BCUT2D eigenvalue weighted by Crippen LogP contribution is 2.27. The second-order valence-electron chi connectivity index (χ2n) is 4.99. The topological polar surface area (TPSA) is 20.3 Å². The van der Waals surface area contributed by atoms with Crippen molar-refractivity contribution in [3.05, 3.63) is 35.4 Å². The number of alkyl halides is 1.